The van der Waals surface area contributed by atoms with Crippen LogP contribution in [0.4, 0.5) is 0 Å². The predicted octanol–water partition coefficient (Wildman–Crippen LogP) is 4.11. The summed E-state index contributed by atoms with van der Waals surface area (Å²) < 4.78 is 32.7. The van der Waals surface area contributed by atoms with E-state index < -0.39 is 0 Å². The minimum absolute atomic E-state index is 0.0943. The summed E-state index contributed by atoms with van der Waals surface area (Å²) in [5.74, 6) is 16.3. The third-order valence-corrected chi connectivity index (χ3v) is 8.09. The summed E-state index contributed by atoms with van der Waals surface area (Å²) in [5, 5.41) is 3.33. The van der Waals surface area contributed by atoms with E-state index >= 15 is 0 Å². The molecule has 0 spiro atoms. The van der Waals surface area contributed by atoms with Crippen LogP contribution in [0.1, 0.15) is 22.4 Å². The second-order valence-electron chi connectivity index (χ2n) is 11.2. The number of hydrogen-bond donors (Lipinski definition) is 1. The van der Waals surface area contributed by atoms with Gasteiger partial charge in [-0.25, -0.2) is 4.98 Å². The first-order chi connectivity index (χ1) is 23.5. The molecule has 48 heavy (non-hydrogen) atoms. The smallest absolute Gasteiger partial charge is 0.203 e. The third-order valence-electron chi connectivity index (χ3n) is 8.09. The van der Waals surface area contributed by atoms with Gasteiger partial charge in [0.1, 0.15) is 11.7 Å². The first kappa shape index (κ1) is 34.1. The highest BCUT2D eigenvalue weighted by molar-refractivity contribution is 5.59. The molecule has 1 N–H and O–H groups in total. The normalized spacial score (nSPS) is 15.9. The van der Waals surface area contributed by atoms with Gasteiger partial charge in [0.15, 0.2) is 23.0 Å². The number of hydrogen-bond acceptors (Lipinski definition) is 10. The Labute approximate surface area is 283 Å². The Bertz CT molecular complexity index is 1720. The van der Waals surface area contributed by atoms with Gasteiger partial charge in [0.2, 0.25) is 11.5 Å². The fourth-order valence-electron chi connectivity index (χ4n) is 5.63. The summed E-state index contributed by atoms with van der Waals surface area (Å²) in [6.07, 6.45) is 8.12. The molecular weight excluding hydrogens is 608 g/mol. The second-order valence-corrected chi connectivity index (χ2v) is 11.2. The van der Waals surface area contributed by atoms with E-state index in [1.165, 1.54) is 11.1 Å². The van der Waals surface area contributed by atoms with Crippen LogP contribution in [-0.2, 0) is 6.54 Å². The van der Waals surface area contributed by atoms with Crippen LogP contribution < -0.4 is 33.7 Å². The molecular formula is C38H42N4O6. The number of nitrogens with zero attached hydrogens (tertiary/aromatic N) is 3. The van der Waals surface area contributed by atoms with Crippen LogP contribution >= 0.6 is 0 Å². The quantitative estimate of drug-likeness (QED) is 0.324. The molecule has 2 aromatic carbocycles. The molecule has 3 heterocycles. The molecule has 10 heteroatoms. The van der Waals surface area contributed by atoms with Gasteiger partial charge >= 0.3 is 0 Å². The minimum atomic E-state index is -0.0943. The highest BCUT2D eigenvalue weighted by Gasteiger charge is 2.19. The van der Waals surface area contributed by atoms with E-state index in [-0.39, 0.29) is 6.04 Å². The van der Waals surface area contributed by atoms with E-state index in [0.29, 0.717) is 40.2 Å². The number of piperazine rings is 1. The van der Waals surface area contributed by atoms with Crippen molar-refractivity contribution in [1.29, 1.82) is 0 Å². The molecule has 1 aromatic heterocycles. The summed E-state index contributed by atoms with van der Waals surface area (Å²) in [6, 6.07) is 11.4. The number of rotatable bonds is 10. The highest BCUT2D eigenvalue weighted by atomic mass is 16.5. The lowest BCUT2D eigenvalue weighted by molar-refractivity contribution is 0.135. The first-order valence-corrected chi connectivity index (χ1v) is 15.6. The zero-order chi connectivity index (χ0) is 33.9. The molecule has 1 atom stereocenters. The number of benzene rings is 2. The van der Waals surface area contributed by atoms with E-state index in [9.17, 15) is 0 Å². The van der Waals surface area contributed by atoms with E-state index in [2.05, 4.69) is 68.1 Å². The van der Waals surface area contributed by atoms with E-state index in [1.807, 2.05) is 36.7 Å². The Morgan fingerprint density at radius 2 is 1.23 bits per heavy atom. The van der Waals surface area contributed by atoms with Gasteiger partial charge in [0.05, 0.1) is 42.7 Å². The average molecular weight is 651 g/mol. The van der Waals surface area contributed by atoms with Crippen molar-refractivity contribution in [1.82, 2.24) is 20.1 Å². The van der Waals surface area contributed by atoms with Gasteiger partial charge in [0.25, 0.3) is 0 Å². The van der Waals surface area contributed by atoms with Crippen molar-refractivity contribution in [2.75, 3.05) is 75.4 Å². The summed E-state index contributed by atoms with van der Waals surface area (Å²) in [5.41, 5.74) is 4.69. The lowest BCUT2D eigenvalue weighted by Gasteiger charge is -2.35. The molecule has 5 rings (SSSR count). The maximum atomic E-state index is 5.46. The molecule has 1 unspecified atom stereocenters. The van der Waals surface area contributed by atoms with Crippen LogP contribution in [-0.4, -0.2) is 96.2 Å². The van der Waals surface area contributed by atoms with Crippen LogP contribution in [0.25, 0.3) is 0 Å². The third kappa shape index (κ3) is 8.54. The van der Waals surface area contributed by atoms with Crippen LogP contribution in [0.15, 0.2) is 66.5 Å². The zero-order valence-corrected chi connectivity index (χ0v) is 28.4. The van der Waals surface area contributed by atoms with Gasteiger partial charge < -0.3 is 33.7 Å². The zero-order valence-electron chi connectivity index (χ0n) is 28.4. The minimum Gasteiger partial charge on any atom is -0.493 e. The standard InChI is InChI=1S/C38H42N4O6/c1-43-33-21-27(22-34(44-2)37(33)47-5)7-9-31-19-29(11-13-39-31)25-41-15-17-42(18-16-41)26-30-12-14-40-32(20-30)10-8-28-23-35(45-3)38(48-6)36(24-28)46-4/h11-14,19-24,31,39H,15-18,25-26H2,1-6H3. The van der Waals surface area contributed by atoms with Crippen LogP contribution in [0.5, 0.6) is 34.5 Å². The number of nitrogens with one attached hydrogen (secondary N) is 1. The maximum Gasteiger partial charge on any atom is 0.203 e. The molecule has 2 aliphatic heterocycles. The SMILES string of the molecule is COc1cc(C#Cc2cc(CN3CCN(CC4=CC(C#Cc5cc(OC)c(OC)c(OC)c5)NC=C4)CC3)ccn2)cc(OC)c1OC. The number of ether oxygens (including phenoxy) is 6. The van der Waals surface area contributed by atoms with Crippen molar-refractivity contribution in [2.45, 2.75) is 12.6 Å². The Morgan fingerprint density at radius 3 is 1.77 bits per heavy atom. The van der Waals surface area contributed by atoms with Crippen LogP contribution in [0, 0.1) is 23.7 Å². The average Bonchev–Trinajstić information content (AvgIpc) is 3.13. The topological polar surface area (TPSA) is 86.8 Å². The van der Waals surface area contributed by atoms with Crippen molar-refractivity contribution in [2.24, 2.45) is 0 Å². The lowest BCUT2D eigenvalue weighted by Crippen LogP contribution is -2.46. The monoisotopic (exact) mass is 650 g/mol. The fraction of sp³-hybridized carbons (Fsp3) is 0.342. The fourth-order valence-corrected chi connectivity index (χ4v) is 5.63. The Hall–Kier alpha value is -5.29. The van der Waals surface area contributed by atoms with Crippen LogP contribution in [0.3, 0.4) is 0 Å². The number of methoxy groups -OCH3 is 6. The Kier molecular flexibility index (Phi) is 11.7. The molecule has 250 valence electrons. The molecule has 0 saturated carbocycles. The summed E-state index contributed by atoms with van der Waals surface area (Å²) in [7, 11) is 9.56. The van der Waals surface area contributed by atoms with E-state index in [4.69, 9.17) is 28.4 Å². The Balaban J connectivity index is 1.15. The van der Waals surface area contributed by atoms with E-state index in [0.717, 1.165) is 50.4 Å². The summed E-state index contributed by atoms with van der Waals surface area (Å²) in [4.78, 5) is 9.43. The molecule has 0 radical (unpaired) electrons. The first-order valence-electron chi connectivity index (χ1n) is 15.6. The van der Waals surface area contributed by atoms with Gasteiger partial charge in [-0.3, -0.25) is 9.80 Å². The second kappa shape index (κ2) is 16.5. The molecule has 0 aliphatic carbocycles. The van der Waals surface area contributed by atoms with Gasteiger partial charge in [-0.2, -0.15) is 0 Å². The van der Waals surface area contributed by atoms with Gasteiger partial charge in [-0.15, -0.1) is 0 Å². The van der Waals surface area contributed by atoms with Gasteiger partial charge in [-0.1, -0.05) is 17.8 Å². The molecule has 10 nitrogen and oxygen atoms in total. The number of dihydropyridines is 1. The van der Waals surface area contributed by atoms with Crippen molar-refractivity contribution >= 4 is 0 Å². The molecule has 0 amide bonds. The number of aromatic nitrogens is 1. The Morgan fingerprint density at radius 1 is 0.688 bits per heavy atom. The maximum absolute atomic E-state index is 5.46. The molecule has 0 bridgehead atoms. The molecule has 3 aromatic rings. The van der Waals surface area contributed by atoms with Crippen molar-refractivity contribution in [3.8, 4) is 58.2 Å². The highest BCUT2D eigenvalue weighted by Crippen LogP contribution is 2.39. The van der Waals surface area contributed by atoms with Gasteiger partial charge in [-0.05, 0) is 71.8 Å². The van der Waals surface area contributed by atoms with Crippen molar-refractivity contribution in [3.05, 3.63) is 88.9 Å². The largest absolute Gasteiger partial charge is 0.493 e. The molecule has 1 saturated heterocycles. The predicted molar refractivity (Wildman–Crippen MR) is 185 cm³/mol. The van der Waals surface area contributed by atoms with Gasteiger partial charge in [0, 0.05) is 56.6 Å². The van der Waals surface area contributed by atoms with Crippen LogP contribution in [0.2, 0.25) is 0 Å². The number of pyridine rings is 1. The lowest BCUT2D eigenvalue weighted by atomic mass is 10.1. The summed E-state index contributed by atoms with van der Waals surface area (Å²) >= 11 is 0. The van der Waals surface area contributed by atoms with Crippen molar-refractivity contribution < 1.29 is 28.4 Å². The van der Waals surface area contributed by atoms with E-state index in [1.54, 1.807) is 42.7 Å². The summed E-state index contributed by atoms with van der Waals surface area (Å²) in [6.45, 7) is 5.66. The molecule has 1 fully saturated rings. The molecule has 2 aliphatic rings. The van der Waals surface area contributed by atoms with Crippen molar-refractivity contribution in [3.63, 3.8) is 0 Å².